The number of hydrogen-bond acceptors (Lipinski definition) is 3. The number of rotatable bonds is 5. The molecule has 10 aromatic rings. The molecular weight excluding hydrogens is 615 g/mol. The van der Waals surface area contributed by atoms with Crippen molar-refractivity contribution in [2.24, 2.45) is 0 Å². The largest absolute Gasteiger partial charge is 0.455 e. The van der Waals surface area contributed by atoms with Crippen LogP contribution in [0.5, 0.6) is 0 Å². The summed E-state index contributed by atoms with van der Waals surface area (Å²) in [4.78, 5) is 2.32. The van der Waals surface area contributed by atoms with E-state index in [0.29, 0.717) is 0 Å². The summed E-state index contributed by atoms with van der Waals surface area (Å²) in [5.74, 6) is 0. The fourth-order valence-electron chi connectivity index (χ4n) is 7.41. The van der Waals surface area contributed by atoms with Crippen molar-refractivity contribution in [3.05, 3.63) is 176 Å². The number of furan rings is 1. The Hall–Kier alpha value is -6.16. The monoisotopic (exact) mass is 643 g/mol. The van der Waals surface area contributed by atoms with Crippen LogP contribution >= 0.6 is 11.3 Å². The minimum Gasteiger partial charge on any atom is -0.455 e. The van der Waals surface area contributed by atoms with Gasteiger partial charge in [0.1, 0.15) is 11.2 Å². The molecule has 0 atom stereocenters. The highest BCUT2D eigenvalue weighted by Gasteiger charge is 2.16. The standard InChI is InChI=1S/C46H29NOS/c1-2-10-32(11-3-1)47(34-26-22-31(23-27-34)36-15-9-17-40-38-12-4-6-18-42(38)48-46(36)40)33-24-20-30(21-25-33)35-14-8-16-39-37(35)28-29-44-45(39)41-13-5-7-19-43(41)49-44/h1-29H. The summed E-state index contributed by atoms with van der Waals surface area (Å²) in [5, 5.41) is 7.56. The Balaban J connectivity index is 1.04. The minimum atomic E-state index is 0.914. The SMILES string of the molecule is c1ccc(N(c2ccc(-c3cccc4c3ccc3sc5ccccc5c34)cc2)c2ccc(-c3cccc4c3oc3ccccc34)cc2)cc1. The van der Waals surface area contributed by atoms with Gasteiger partial charge in [0.25, 0.3) is 0 Å². The third kappa shape index (κ3) is 4.55. The van der Waals surface area contributed by atoms with Gasteiger partial charge in [-0.15, -0.1) is 11.3 Å². The number of para-hydroxylation sites is 3. The molecule has 0 saturated heterocycles. The molecule has 0 radical (unpaired) electrons. The fraction of sp³-hybridized carbons (Fsp3) is 0. The summed E-state index contributed by atoms with van der Waals surface area (Å²) in [6.07, 6.45) is 0. The van der Waals surface area contributed by atoms with Gasteiger partial charge in [-0.05, 0) is 82.1 Å². The van der Waals surface area contributed by atoms with Gasteiger partial charge in [0.2, 0.25) is 0 Å². The molecule has 0 fully saturated rings. The van der Waals surface area contributed by atoms with Gasteiger partial charge < -0.3 is 9.32 Å². The molecule has 0 unspecified atom stereocenters. The number of hydrogen-bond donors (Lipinski definition) is 0. The van der Waals surface area contributed by atoms with Crippen LogP contribution in [0.25, 0.3) is 75.1 Å². The maximum atomic E-state index is 6.35. The Morgan fingerprint density at radius 3 is 1.73 bits per heavy atom. The lowest BCUT2D eigenvalue weighted by Crippen LogP contribution is -2.09. The lowest BCUT2D eigenvalue weighted by Gasteiger charge is -2.26. The van der Waals surface area contributed by atoms with Crippen molar-refractivity contribution < 1.29 is 4.42 Å². The van der Waals surface area contributed by atoms with E-state index in [2.05, 4.69) is 169 Å². The molecule has 10 rings (SSSR count). The third-order valence-electron chi connectivity index (χ3n) is 9.69. The Kier molecular flexibility index (Phi) is 6.39. The van der Waals surface area contributed by atoms with Crippen LogP contribution in [-0.2, 0) is 0 Å². The average Bonchev–Trinajstić information content (AvgIpc) is 3.75. The predicted octanol–water partition coefficient (Wildman–Crippen LogP) is 13.9. The zero-order chi connectivity index (χ0) is 32.3. The molecule has 0 amide bonds. The zero-order valence-electron chi connectivity index (χ0n) is 26.5. The first kappa shape index (κ1) is 27.9. The van der Waals surface area contributed by atoms with Crippen molar-refractivity contribution >= 4 is 81.3 Å². The second-order valence-corrected chi connectivity index (χ2v) is 13.6. The van der Waals surface area contributed by atoms with Crippen molar-refractivity contribution in [2.45, 2.75) is 0 Å². The molecule has 2 nitrogen and oxygen atoms in total. The molecule has 8 aromatic carbocycles. The Morgan fingerprint density at radius 2 is 0.959 bits per heavy atom. The number of fused-ring (bicyclic) bond motifs is 8. The maximum Gasteiger partial charge on any atom is 0.143 e. The first-order valence-electron chi connectivity index (χ1n) is 16.6. The van der Waals surface area contributed by atoms with Crippen molar-refractivity contribution in [2.75, 3.05) is 4.90 Å². The van der Waals surface area contributed by atoms with Crippen LogP contribution in [0.3, 0.4) is 0 Å². The van der Waals surface area contributed by atoms with Crippen LogP contribution in [-0.4, -0.2) is 0 Å². The highest BCUT2D eigenvalue weighted by molar-refractivity contribution is 7.26. The second kappa shape index (κ2) is 11.2. The van der Waals surface area contributed by atoms with Gasteiger partial charge >= 0.3 is 0 Å². The van der Waals surface area contributed by atoms with Gasteiger partial charge in [-0.1, -0.05) is 121 Å². The van der Waals surface area contributed by atoms with Gasteiger partial charge in [-0.25, -0.2) is 0 Å². The van der Waals surface area contributed by atoms with Gasteiger partial charge in [0, 0.05) is 53.6 Å². The van der Waals surface area contributed by atoms with Crippen molar-refractivity contribution in [3.63, 3.8) is 0 Å². The van der Waals surface area contributed by atoms with E-state index < -0.39 is 0 Å². The lowest BCUT2D eigenvalue weighted by molar-refractivity contribution is 0.670. The molecule has 0 aliphatic rings. The van der Waals surface area contributed by atoms with Crippen molar-refractivity contribution in [1.82, 2.24) is 0 Å². The third-order valence-corrected chi connectivity index (χ3v) is 10.8. The number of anilines is 3. The molecule has 49 heavy (non-hydrogen) atoms. The number of nitrogens with zero attached hydrogens (tertiary/aromatic N) is 1. The van der Waals surface area contributed by atoms with Crippen LogP contribution in [0.4, 0.5) is 17.1 Å². The molecule has 2 heterocycles. The molecule has 2 aromatic heterocycles. The minimum absolute atomic E-state index is 0.914. The van der Waals surface area contributed by atoms with Crippen molar-refractivity contribution in [1.29, 1.82) is 0 Å². The summed E-state index contributed by atoms with van der Waals surface area (Å²) >= 11 is 1.87. The second-order valence-electron chi connectivity index (χ2n) is 12.5. The molecule has 0 N–H and O–H groups in total. The smallest absolute Gasteiger partial charge is 0.143 e. The van der Waals surface area contributed by atoms with Crippen LogP contribution in [0, 0.1) is 0 Å². The van der Waals surface area contributed by atoms with E-state index >= 15 is 0 Å². The van der Waals surface area contributed by atoms with E-state index in [9.17, 15) is 0 Å². The van der Waals surface area contributed by atoms with Crippen LogP contribution in [0.1, 0.15) is 0 Å². The highest BCUT2D eigenvalue weighted by Crippen LogP contribution is 2.42. The number of thiophene rings is 1. The topological polar surface area (TPSA) is 16.4 Å². The molecule has 230 valence electrons. The van der Waals surface area contributed by atoms with Crippen molar-refractivity contribution in [3.8, 4) is 22.3 Å². The molecule has 0 aliphatic carbocycles. The van der Waals surface area contributed by atoms with E-state index in [0.717, 1.165) is 50.1 Å². The Bertz CT molecular complexity index is 2810. The molecular formula is C46H29NOS. The predicted molar refractivity (Wildman–Crippen MR) is 210 cm³/mol. The van der Waals surface area contributed by atoms with E-state index in [1.807, 2.05) is 23.5 Å². The summed E-state index contributed by atoms with van der Waals surface area (Å²) in [5.41, 5.74) is 9.82. The van der Waals surface area contributed by atoms with Gasteiger partial charge in [-0.2, -0.15) is 0 Å². The molecule has 0 aliphatic heterocycles. The first-order chi connectivity index (χ1) is 24.3. The molecule has 0 bridgehead atoms. The van der Waals surface area contributed by atoms with E-state index in [-0.39, 0.29) is 0 Å². The van der Waals surface area contributed by atoms with E-state index in [4.69, 9.17) is 4.42 Å². The Morgan fingerprint density at radius 1 is 0.367 bits per heavy atom. The highest BCUT2D eigenvalue weighted by atomic mass is 32.1. The quantitative estimate of drug-likeness (QED) is 0.186. The van der Waals surface area contributed by atoms with E-state index in [1.54, 1.807) is 0 Å². The summed E-state index contributed by atoms with van der Waals surface area (Å²) < 4.78 is 9.02. The summed E-state index contributed by atoms with van der Waals surface area (Å²) in [6, 6.07) is 63.1. The average molecular weight is 644 g/mol. The molecule has 0 spiro atoms. The molecule has 3 heteroatoms. The Labute approximate surface area is 287 Å². The van der Waals surface area contributed by atoms with Gasteiger partial charge in [0.05, 0.1) is 0 Å². The fourth-order valence-corrected chi connectivity index (χ4v) is 8.53. The summed E-state index contributed by atoms with van der Waals surface area (Å²) in [7, 11) is 0. The van der Waals surface area contributed by atoms with Gasteiger partial charge in [0.15, 0.2) is 0 Å². The van der Waals surface area contributed by atoms with Crippen LogP contribution < -0.4 is 4.90 Å². The normalized spacial score (nSPS) is 11.7. The van der Waals surface area contributed by atoms with Crippen LogP contribution in [0.2, 0.25) is 0 Å². The maximum absolute atomic E-state index is 6.35. The van der Waals surface area contributed by atoms with Gasteiger partial charge in [-0.3, -0.25) is 0 Å². The first-order valence-corrected chi connectivity index (χ1v) is 17.4. The van der Waals surface area contributed by atoms with Crippen LogP contribution in [0.15, 0.2) is 180 Å². The summed E-state index contributed by atoms with van der Waals surface area (Å²) in [6.45, 7) is 0. The number of benzene rings is 8. The molecule has 0 saturated carbocycles. The lowest BCUT2D eigenvalue weighted by atomic mass is 9.95. The van der Waals surface area contributed by atoms with E-state index in [1.165, 1.54) is 42.1 Å². The zero-order valence-corrected chi connectivity index (χ0v) is 27.3.